The van der Waals surface area contributed by atoms with Crippen LogP contribution >= 0.6 is 0 Å². The molecule has 0 aliphatic carbocycles. The van der Waals surface area contributed by atoms with E-state index in [0.29, 0.717) is 28.2 Å². The fourth-order valence-electron chi connectivity index (χ4n) is 4.00. The van der Waals surface area contributed by atoms with Crippen LogP contribution in [0.25, 0.3) is 10.8 Å². The Morgan fingerprint density at radius 2 is 1.63 bits per heavy atom. The fraction of sp³-hybridized carbons (Fsp3) is 0.276. The number of quaternary nitrogens is 1. The van der Waals surface area contributed by atoms with E-state index in [2.05, 4.69) is 24.1 Å². The van der Waals surface area contributed by atoms with Crippen molar-refractivity contribution in [2.24, 2.45) is 0 Å². The third-order valence-corrected chi connectivity index (χ3v) is 5.98. The monoisotopic (exact) mass is 520 g/mol. The molecule has 0 fully saturated rings. The highest BCUT2D eigenvalue weighted by molar-refractivity contribution is 6.00. The molecule has 3 aromatic rings. The van der Waals surface area contributed by atoms with Crippen LogP contribution in [0.4, 0.5) is 10.5 Å². The normalized spacial score (nSPS) is 11.4. The molecule has 0 aliphatic rings. The standard InChI is InChI=1S/C29H33N3O6/c1-32(2,19-7-18-31(36)27(33)16-17-28(34)37-3)20-22-12-14-23(15-13-22)21-38-29(35)30-26-11-6-9-24-8-4-5-10-25(24)26/h4-6,8-17,36H,7,18-21H2,1-3H3/p+1/b17-16+. The molecule has 0 bridgehead atoms. The van der Waals surface area contributed by atoms with Gasteiger partial charge in [-0.15, -0.1) is 0 Å². The molecule has 3 aromatic carbocycles. The lowest BCUT2D eigenvalue weighted by atomic mass is 10.1. The number of benzene rings is 3. The molecule has 2 amide bonds. The molecular formula is C29H34N3O6+. The van der Waals surface area contributed by atoms with E-state index in [4.69, 9.17) is 4.74 Å². The number of nitrogens with zero attached hydrogens (tertiary/aromatic N) is 2. The topological polar surface area (TPSA) is 105 Å². The number of anilines is 1. The van der Waals surface area contributed by atoms with Gasteiger partial charge in [0.1, 0.15) is 13.2 Å². The molecular weight excluding hydrogens is 486 g/mol. The molecule has 0 unspecified atom stereocenters. The Hall–Kier alpha value is -4.21. The van der Waals surface area contributed by atoms with Crippen molar-refractivity contribution in [2.45, 2.75) is 19.6 Å². The Morgan fingerprint density at radius 1 is 0.947 bits per heavy atom. The quantitative estimate of drug-likeness (QED) is 0.127. The first-order valence-corrected chi connectivity index (χ1v) is 12.2. The Bertz CT molecular complexity index is 1280. The predicted molar refractivity (Wildman–Crippen MR) is 144 cm³/mol. The summed E-state index contributed by atoms with van der Waals surface area (Å²) in [4.78, 5) is 35.2. The molecule has 0 radical (unpaired) electrons. The van der Waals surface area contributed by atoms with Gasteiger partial charge in [0.2, 0.25) is 0 Å². The molecule has 0 spiro atoms. The Kier molecular flexibility index (Phi) is 9.98. The summed E-state index contributed by atoms with van der Waals surface area (Å²) in [6, 6.07) is 21.4. The first kappa shape index (κ1) is 28.4. The van der Waals surface area contributed by atoms with Crippen LogP contribution in [0.3, 0.4) is 0 Å². The maximum Gasteiger partial charge on any atom is 0.411 e. The number of hydrogen-bond donors (Lipinski definition) is 2. The van der Waals surface area contributed by atoms with Crippen LogP contribution in [-0.4, -0.2) is 67.0 Å². The zero-order chi connectivity index (χ0) is 27.5. The fourth-order valence-corrected chi connectivity index (χ4v) is 4.00. The number of rotatable bonds is 11. The van der Waals surface area contributed by atoms with Crippen molar-refractivity contribution in [3.8, 4) is 0 Å². The molecule has 3 rings (SSSR count). The van der Waals surface area contributed by atoms with Gasteiger partial charge in [-0.2, -0.15) is 0 Å². The number of fused-ring (bicyclic) bond motifs is 1. The molecule has 9 nitrogen and oxygen atoms in total. The van der Waals surface area contributed by atoms with E-state index in [1.54, 1.807) is 0 Å². The third kappa shape index (κ3) is 8.72. The molecule has 0 aromatic heterocycles. The van der Waals surface area contributed by atoms with Crippen molar-refractivity contribution in [3.63, 3.8) is 0 Å². The van der Waals surface area contributed by atoms with Gasteiger partial charge in [0, 0.05) is 29.5 Å². The largest absolute Gasteiger partial charge is 0.466 e. The number of nitrogens with one attached hydrogen (secondary N) is 1. The summed E-state index contributed by atoms with van der Waals surface area (Å²) in [7, 11) is 5.34. The summed E-state index contributed by atoms with van der Waals surface area (Å²) in [5.41, 5.74) is 2.69. The molecule has 0 saturated heterocycles. The number of hydroxylamine groups is 2. The van der Waals surface area contributed by atoms with Gasteiger partial charge < -0.3 is 14.0 Å². The maximum absolute atomic E-state index is 12.4. The summed E-state index contributed by atoms with van der Waals surface area (Å²) < 4.78 is 10.5. The zero-order valence-electron chi connectivity index (χ0n) is 21.9. The van der Waals surface area contributed by atoms with Crippen LogP contribution in [-0.2, 0) is 32.2 Å². The number of carbonyl (C=O) groups is 3. The lowest BCUT2D eigenvalue weighted by molar-refractivity contribution is -0.903. The summed E-state index contributed by atoms with van der Waals surface area (Å²) in [6.45, 7) is 1.75. The van der Waals surface area contributed by atoms with Crippen LogP contribution in [0.2, 0.25) is 0 Å². The second-order valence-electron chi connectivity index (χ2n) is 9.53. The number of methoxy groups -OCH3 is 1. The average Bonchev–Trinajstić information content (AvgIpc) is 2.91. The van der Waals surface area contributed by atoms with Gasteiger partial charge in [0.25, 0.3) is 5.91 Å². The minimum absolute atomic E-state index is 0.142. The summed E-state index contributed by atoms with van der Waals surface area (Å²) >= 11 is 0. The van der Waals surface area contributed by atoms with E-state index < -0.39 is 18.0 Å². The molecule has 0 atom stereocenters. The highest BCUT2D eigenvalue weighted by Crippen LogP contribution is 2.23. The minimum Gasteiger partial charge on any atom is -0.466 e. The zero-order valence-corrected chi connectivity index (χ0v) is 21.9. The van der Waals surface area contributed by atoms with E-state index in [0.717, 1.165) is 40.6 Å². The van der Waals surface area contributed by atoms with Gasteiger partial charge in [0.15, 0.2) is 0 Å². The first-order chi connectivity index (χ1) is 18.2. The lowest BCUT2D eigenvalue weighted by Crippen LogP contribution is -2.41. The van der Waals surface area contributed by atoms with Crippen LogP contribution in [0.15, 0.2) is 78.9 Å². The first-order valence-electron chi connectivity index (χ1n) is 12.2. The lowest BCUT2D eigenvalue weighted by Gasteiger charge is -2.30. The molecule has 0 saturated carbocycles. The molecule has 200 valence electrons. The second-order valence-corrected chi connectivity index (χ2v) is 9.53. The molecule has 9 heteroatoms. The van der Waals surface area contributed by atoms with Crippen molar-refractivity contribution in [2.75, 3.05) is 39.6 Å². The summed E-state index contributed by atoms with van der Waals surface area (Å²) in [6.07, 6.45) is 2.00. The van der Waals surface area contributed by atoms with Gasteiger partial charge in [-0.3, -0.25) is 15.3 Å². The van der Waals surface area contributed by atoms with Crippen LogP contribution in [0.5, 0.6) is 0 Å². The van der Waals surface area contributed by atoms with E-state index >= 15 is 0 Å². The minimum atomic E-state index is -0.677. The summed E-state index contributed by atoms with van der Waals surface area (Å²) in [5.74, 6) is -1.34. The number of amides is 2. The van der Waals surface area contributed by atoms with Crippen molar-refractivity contribution >= 4 is 34.4 Å². The number of carbonyl (C=O) groups excluding carboxylic acids is 3. The SMILES string of the molecule is COC(=O)/C=C/C(=O)N(O)CCC[N+](C)(C)Cc1ccc(COC(=O)Nc2cccc3ccccc23)cc1. The van der Waals surface area contributed by atoms with E-state index in [1.165, 1.54) is 7.11 Å². The van der Waals surface area contributed by atoms with Gasteiger partial charge in [0.05, 0.1) is 40.0 Å². The van der Waals surface area contributed by atoms with Gasteiger partial charge in [-0.1, -0.05) is 60.7 Å². The van der Waals surface area contributed by atoms with Crippen LogP contribution in [0, 0.1) is 0 Å². The van der Waals surface area contributed by atoms with E-state index in [1.807, 2.05) is 66.7 Å². The highest BCUT2D eigenvalue weighted by Gasteiger charge is 2.17. The van der Waals surface area contributed by atoms with Crippen LogP contribution < -0.4 is 5.32 Å². The Labute approximate surface area is 222 Å². The second kappa shape index (κ2) is 13.4. The third-order valence-electron chi connectivity index (χ3n) is 5.98. The van der Waals surface area contributed by atoms with E-state index in [9.17, 15) is 19.6 Å². The number of hydrogen-bond acceptors (Lipinski definition) is 6. The van der Waals surface area contributed by atoms with Gasteiger partial charge in [-0.25, -0.2) is 14.7 Å². The smallest absolute Gasteiger partial charge is 0.411 e. The van der Waals surface area contributed by atoms with Gasteiger partial charge in [-0.05, 0) is 17.0 Å². The molecule has 0 heterocycles. The summed E-state index contributed by atoms with van der Waals surface area (Å²) in [5, 5.41) is 15.3. The predicted octanol–water partition coefficient (Wildman–Crippen LogP) is 4.50. The van der Waals surface area contributed by atoms with Crippen molar-refractivity contribution in [3.05, 3.63) is 90.0 Å². The number of esters is 1. The number of ether oxygens (including phenoxy) is 2. The average molecular weight is 521 g/mol. The maximum atomic E-state index is 12.4. The highest BCUT2D eigenvalue weighted by atomic mass is 16.5. The van der Waals surface area contributed by atoms with Crippen molar-refractivity contribution in [1.29, 1.82) is 0 Å². The molecule has 2 N–H and O–H groups in total. The van der Waals surface area contributed by atoms with Crippen molar-refractivity contribution in [1.82, 2.24) is 5.06 Å². The van der Waals surface area contributed by atoms with Crippen LogP contribution in [0.1, 0.15) is 17.5 Å². The Balaban J connectivity index is 1.43. The molecule has 38 heavy (non-hydrogen) atoms. The van der Waals surface area contributed by atoms with Gasteiger partial charge >= 0.3 is 12.1 Å². The molecule has 0 aliphatic heterocycles. The Morgan fingerprint density at radius 3 is 2.37 bits per heavy atom. The van der Waals surface area contributed by atoms with E-state index in [-0.39, 0.29) is 13.2 Å². The van der Waals surface area contributed by atoms with Crippen molar-refractivity contribution < 1.29 is 33.5 Å².